The molecule has 2 aromatic carbocycles. The van der Waals surface area contributed by atoms with E-state index in [9.17, 15) is 34.4 Å². The van der Waals surface area contributed by atoms with E-state index in [1.807, 2.05) is 0 Å². The van der Waals surface area contributed by atoms with Crippen molar-refractivity contribution in [1.82, 2.24) is 14.7 Å². The number of carbonyl (C=O) groups is 2. The van der Waals surface area contributed by atoms with Crippen LogP contribution in [0.4, 0.5) is 10.2 Å². The number of nitrogen functional groups attached to an aromatic ring is 1. The van der Waals surface area contributed by atoms with E-state index in [1.54, 1.807) is 6.07 Å². The number of nitrogens with zero attached hydrogens (tertiary/aromatic N) is 3. The number of nitrogens with two attached hydrogens (primary N) is 1. The summed E-state index contributed by atoms with van der Waals surface area (Å²) >= 11 is 0. The van der Waals surface area contributed by atoms with E-state index < -0.39 is 61.4 Å². The van der Waals surface area contributed by atoms with Crippen LogP contribution in [-0.4, -0.2) is 97.7 Å². The SMILES string of the molecule is CN(C(=O)COc1cccc(C(=O)c2cnn(-c3ccc(F)cc3)c2N)c1)[C@@H]1OC(CO)[C@@H](O)C(O)[C@H]1O. The van der Waals surface area contributed by atoms with Crippen molar-refractivity contribution in [2.24, 2.45) is 0 Å². The van der Waals surface area contributed by atoms with Crippen LogP contribution in [0.1, 0.15) is 15.9 Å². The lowest BCUT2D eigenvalue weighted by Crippen LogP contribution is -2.63. The molecule has 12 nitrogen and oxygen atoms in total. The van der Waals surface area contributed by atoms with Crippen molar-refractivity contribution in [2.45, 2.75) is 30.6 Å². The van der Waals surface area contributed by atoms with Gasteiger partial charge in [-0.15, -0.1) is 0 Å². The highest BCUT2D eigenvalue weighted by Crippen LogP contribution is 2.25. The van der Waals surface area contributed by atoms with Gasteiger partial charge in [-0.2, -0.15) is 5.10 Å². The van der Waals surface area contributed by atoms with Gasteiger partial charge in [0.15, 0.2) is 18.6 Å². The number of anilines is 1. The summed E-state index contributed by atoms with van der Waals surface area (Å²) < 4.78 is 25.4. The van der Waals surface area contributed by atoms with Crippen LogP contribution in [0.15, 0.2) is 54.7 Å². The van der Waals surface area contributed by atoms with Gasteiger partial charge >= 0.3 is 0 Å². The molecule has 0 bridgehead atoms. The highest BCUT2D eigenvalue weighted by Gasteiger charge is 2.46. The molecule has 13 heteroatoms. The molecule has 202 valence electrons. The van der Waals surface area contributed by atoms with Crippen molar-refractivity contribution in [2.75, 3.05) is 26.0 Å². The molecule has 1 amide bonds. The first kappa shape index (κ1) is 27.2. The number of amides is 1. The zero-order chi connectivity index (χ0) is 27.6. The van der Waals surface area contributed by atoms with Crippen LogP contribution >= 0.6 is 0 Å². The Morgan fingerprint density at radius 3 is 2.53 bits per heavy atom. The Bertz CT molecular complexity index is 1300. The Kier molecular flexibility index (Phi) is 8.04. The summed E-state index contributed by atoms with van der Waals surface area (Å²) in [7, 11) is 1.31. The number of carbonyl (C=O) groups excluding carboxylic acids is 2. The predicted octanol–water partition coefficient (Wildman–Crippen LogP) is -0.538. The average Bonchev–Trinajstić information content (AvgIpc) is 3.31. The van der Waals surface area contributed by atoms with E-state index in [2.05, 4.69) is 5.10 Å². The van der Waals surface area contributed by atoms with Crippen molar-refractivity contribution >= 4 is 17.5 Å². The van der Waals surface area contributed by atoms with Crippen molar-refractivity contribution in [3.8, 4) is 11.4 Å². The number of aromatic nitrogens is 2. The number of ether oxygens (including phenoxy) is 2. The molecule has 0 aliphatic carbocycles. The number of benzene rings is 2. The minimum absolute atomic E-state index is 0.0595. The van der Waals surface area contributed by atoms with Crippen LogP contribution in [0.25, 0.3) is 5.69 Å². The Labute approximate surface area is 216 Å². The number of halogens is 1. The van der Waals surface area contributed by atoms with Gasteiger partial charge in [-0.25, -0.2) is 9.07 Å². The van der Waals surface area contributed by atoms with Crippen LogP contribution in [0, 0.1) is 5.82 Å². The summed E-state index contributed by atoms with van der Waals surface area (Å²) in [4.78, 5) is 26.8. The summed E-state index contributed by atoms with van der Waals surface area (Å²) in [6.45, 7) is -1.14. The maximum atomic E-state index is 13.2. The first-order valence-electron chi connectivity index (χ1n) is 11.6. The van der Waals surface area contributed by atoms with Crippen LogP contribution in [0.5, 0.6) is 5.75 Å². The third kappa shape index (κ3) is 5.37. The van der Waals surface area contributed by atoms with Crippen LogP contribution in [0.3, 0.4) is 0 Å². The zero-order valence-corrected chi connectivity index (χ0v) is 20.2. The van der Waals surface area contributed by atoms with E-state index in [0.29, 0.717) is 5.69 Å². The minimum atomic E-state index is -1.63. The number of ketones is 1. The van der Waals surface area contributed by atoms with Gasteiger partial charge in [-0.1, -0.05) is 12.1 Å². The molecule has 1 aromatic heterocycles. The number of hydrogen-bond donors (Lipinski definition) is 5. The average molecular weight is 531 g/mol. The second-order valence-electron chi connectivity index (χ2n) is 8.70. The third-order valence-corrected chi connectivity index (χ3v) is 6.22. The Balaban J connectivity index is 1.43. The molecular weight excluding hydrogens is 503 g/mol. The fourth-order valence-electron chi connectivity index (χ4n) is 3.99. The summed E-state index contributed by atoms with van der Waals surface area (Å²) in [5.41, 5.74) is 6.93. The van der Waals surface area contributed by atoms with Gasteiger partial charge in [0.25, 0.3) is 5.91 Å². The molecule has 3 aromatic rings. The van der Waals surface area contributed by atoms with Gasteiger partial charge in [0.05, 0.1) is 24.1 Å². The van der Waals surface area contributed by atoms with Crippen molar-refractivity contribution < 1.29 is 43.9 Å². The first-order valence-corrected chi connectivity index (χ1v) is 11.6. The smallest absolute Gasteiger partial charge is 0.262 e. The topological polar surface area (TPSA) is 181 Å². The van der Waals surface area contributed by atoms with E-state index >= 15 is 0 Å². The molecular formula is C25H27FN4O8. The summed E-state index contributed by atoms with van der Waals surface area (Å²) in [5, 5.41) is 43.5. The van der Waals surface area contributed by atoms with Crippen LogP contribution in [-0.2, 0) is 9.53 Å². The normalized spacial score (nSPS) is 23.2. The van der Waals surface area contributed by atoms with E-state index in [1.165, 1.54) is 60.4 Å². The third-order valence-electron chi connectivity index (χ3n) is 6.22. The molecule has 2 heterocycles. The van der Waals surface area contributed by atoms with Crippen molar-refractivity contribution in [1.29, 1.82) is 0 Å². The number of rotatable bonds is 8. The molecule has 0 saturated carbocycles. The first-order chi connectivity index (χ1) is 18.1. The Morgan fingerprint density at radius 1 is 1.13 bits per heavy atom. The fourth-order valence-corrected chi connectivity index (χ4v) is 3.99. The molecule has 1 fully saturated rings. The molecule has 1 aliphatic rings. The molecule has 1 aliphatic heterocycles. The minimum Gasteiger partial charge on any atom is -0.484 e. The second kappa shape index (κ2) is 11.2. The van der Waals surface area contributed by atoms with E-state index in [0.717, 1.165) is 4.90 Å². The van der Waals surface area contributed by atoms with Gasteiger partial charge in [-0.05, 0) is 36.4 Å². The maximum Gasteiger partial charge on any atom is 0.262 e. The maximum absolute atomic E-state index is 13.2. The molecule has 1 saturated heterocycles. The molecule has 5 atom stereocenters. The number of likely N-dealkylation sites (N-methyl/N-ethyl adjacent to an activating group) is 1. The van der Waals surface area contributed by atoms with Gasteiger partial charge in [0, 0.05) is 12.6 Å². The highest BCUT2D eigenvalue weighted by atomic mass is 19.1. The van der Waals surface area contributed by atoms with Crippen LogP contribution < -0.4 is 10.5 Å². The quantitative estimate of drug-likeness (QED) is 0.237. The van der Waals surface area contributed by atoms with E-state index in [4.69, 9.17) is 15.2 Å². The molecule has 6 N–H and O–H groups in total. The Morgan fingerprint density at radius 2 is 1.84 bits per heavy atom. The largest absolute Gasteiger partial charge is 0.484 e. The van der Waals surface area contributed by atoms with Gasteiger partial charge in [-0.3, -0.25) is 9.59 Å². The summed E-state index contributed by atoms with van der Waals surface area (Å²) in [5.74, 6) is -1.27. The van der Waals surface area contributed by atoms with Gasteiger partial charge < -0.3 is 40.5 Å². The lowest BCUT2D eigenvalue weighted by molar-refractivity contribution is -0.259. The zero-order valence-electron chi connectivity index (χ0n) is 20.2. The predicted molar refractivity (Wildman–Crippen MR) is 130 cm³/mol. The molecule has 0 spiro atoms. The number of hydrogen-bond acceptors (Lipinski definition) is 10. The second-order valence-corrected chi connectivity index (χ2v) is 8.70. The lowest BCUT2D eigenvalue weighted by atomic mass is 9.98. The van der Waals surface area contributed by atoms with Crippen molar-refractivity contribution in [3.05, 3.63) is 71.7 Å². The molecule has 4 rings (SSSR count). The number of aliphatic hydroxyl groups is 4. The standard InChI is InChI=1S/C25H27FN4O8/c1-29(25-23(36)22(35)21(34)18(11-31)38-25)19(32)12-37-16-4-2-3-13(9-16)20(33)17-10-28-30(24(17)27)15-7-5-14(26)6-8-15/h2-10,18,21-23,25,31,34-36H,11-12,27H2,1H3/t18?,21-,22?,23-,25-/m1/s1. The molecule has 38 heavy (non-hydrogen) atoms. The molecule has 2 unspecified atom stereocenters. The summed E-state index contributed by atoms with van der Waals surface area (Å²) in [6, 6.07) is 11.5. The summed E-state index contributed by atoms with van der Waals surface area (Å²) in [6.07, 6.45) is -6.02. The highest BCUT2D eigenvalue weighted by molar-refractivity contribution is 6.11. The van der Waals surface area contributed by atoms with Crippen LogP contribution in [0.2, 0.25) is 0 Å². The Hall–Kier alpha value is -3.88. The lowest BCUT2D eigenvalue weighted by Gasteiger charge is -2.43. The monoisotopic (exact) mass is 530 g/mol. The van der Waals surface area contributed by atoms with Gasteiger partial charge in [0.2, 0.25) is 0 Å². The number of aliphatic hydroxyl groups excluding tert-OH is 4. The molecule has 0 radical (unpaired) electrons. The van der Waals surface area contributed by atoms with E-state index in [-0.39, 0.29) is 22.7 Å². The van der Waals surface area contributed by atoms with Crippen molar-refractivity contribution in [3.63, 3.8) is 0 Å². The van der Waals surface area contributed by atoms with Gasteiger partial charge in [0.1, 0.15) is 41.8 Å². The fraction of sp³-hybridized carbons (Fsp3) is 0.320.